The summed E-state index contributed by atoms with van der Waals surface area (Å²) in [4.78, 5) is 24.7. The number of carbonyl (C=O) groups is 1. The minimum absolute atomic E-state index is 0.136. The zero-order chi connectivity index (χ0) is 23.7. The molecule has 4 aromatic rings. The number of rotatable bonds is 7. The molecule has 3 aromatic heterocycles. The topological polar surface area (TPSA) is 111 Å². The molecule has 9 heteroatoms. The van der Waals surface area contributed by atoms with Crippen molar-refractivity contribution in [3.63, 3.8) is 0 Å². The van der Waals surface area contributed by atoms with Crippen molar-refractivity contribution in [3.05, 3.63) is 66.5 Å². The summed E-state index contributed by atoms with van der Waals surface area (Å²) in [5.74, 6) is 0.524. The molecule has 0 aliphatic carbocycles. The number of ether oxygens (including phenoxy) is 1. The average Bonchev–Trinajstić information content (AvgIpc) is 3.25. The second kappa shape index (κ2) is 9.20. The monoisotopic (exact) mass is 457 g/mol. The molecule has 1 saturated heterocycles. The molecule has 1 aromatic carbocycles. The van der Waals surface area contributed by atoms with E-state index in [0.717, 1.165) is 35.7 Å². The molecule has 0 saturated carbocycles. The molecule has 0 spiro atoms. The van der Waals surface area contributed by atoms with Gasteiger partial charge in [0, 0.05) is 50.1 Å². The van der Waals surface area contributed by atoms with Crippen molar-refractivity contribution in [1.29, 1.82) is 0 Å². The number of hydrogen-bond acceptors (Lipinski definition) is 7. The molecule has 9 nitrogen and oxygen atoms in total. The zero-order valence-corrected chi connectivity index (χ0v) is 19.2. The highest BCUT2D eigenvalue weighted by Crippen LogP contribution is 2.29. The summed E-state index contributed by atoms with van der Waals surface area (Å²) in [5.41, 5.74) is 10.3. The molecule has 0 radical (unpaired) electrons. The van der Waals surface area contributed by atoms with Crippen LogP contribution in [0.3, 0.4) is 0 Å². The first-order valence-corrected chi connectivity index (χ1v) is 11.3. The van der Waals surface area contributed by atoms with Crippen LogP contribution in [0.15, 0.2) is 60.9 Å². The first-order chi connectivity index (χ1) is 16.5. The van der Waals surface area contributed by atoms with Gasteiger partial charge in [-0.1, -0.05) is 30.3 Å². The Hall–Kier alpha value is -3.82. The van der Waals surface area contributed by atoms with E-state index in [1.54, 1.807) is 30.0 Å². The van der Waals surface area contributed by atoms with E-state index in [9.17, 15) is 4.79 Å². The van der Waals surface area contributed by atoms with E-state index in [1.807, 2.05) is 49.5 Å². The van der Waals surface area contributed by atoms with Crippen molar-refractivity contribution in [1.82, 2.24) is 24.9 Å². The highest BCUT2D eigenvalue weighted by Gasteiger charge is 2.29. The molecular weight excluding hydrogens is 430 g/mol. The van der Waals surface area contributed by atoms with Crippen LogP contribution in [0.2, 0.25) is 0 Å². The van der Waals surface area contributed by atoms with Crippen LogP contribution in [-0.4, -0.2) is 64.4 Å². The van der Waals surface area contributed by atoms with E-state index >= 15 is 0 Å². The van der Waals surface area contributed by atoms with Crippen LogP contribution < -0.4 is 16.0 Å². The standard InChI is InChI=1S/C25H27N7O2/c1-16(26)12-27-25(33)18-10-22(29-23(11-18)31-14-19(15-31)34-2)20-13-28-32-9-8-21(30-24(20)32)17-6-4-3-5-7-17/h3-11,13,16,19H,12,14-15,26H2,1-2H3,(H,27,33). The Bertz CT molecular complexity index is 1310. The Morgan fingerprint density at radius 3 is 2.71 bits per heavy atom. The van der Waals surface area contributed by atoms with Crippen LogP contribution in [0.4, 0.5) is 5.82 Å². The predicted octanol–water partition coefficient (Wildman–Crippen LogP) is 2.37. The van der Waals surface area contributed by atoms with E-state index in [0.29, 0.717) is 23.4 Å². The summed E-state index contributed by atoms with van der Waals surface area (Å²) in [5, 5.41) is 7.35. The van der Waals surface area contributed by atoms with Gasteiger partial charge >= 0.3 is 0 Å². The number of amides is 1. The molecule has 1 aliphatic heterocycles. The van der Waals surface area contributed by atoms with E-state index < -0.39 is 0 Å². The number of aromatic nitrogens is 4. The number of nitrogens with two attached hydrogens (primary N) is 1. The normalized spacial score (nSPS) is 14.7. The second-order valence-electron chi connectivity index (χ2n) is 8.55. The fourth-order valence-corrected chi connectivity index (χ4v) is 3.90. The number of fused-ring (bicyclic) bond motifs is 1. The lowest BCUT2D eigenvalue weighted by Crippen LogP contribution is -2.52. The van der Waals surface area contributed by atoms with Crippen molar-refractivity contribution >= 4 is 17.4 Å². The molecule has 1 amide bonds. The Morgan fingerprint density at radius 1 is 1.18 bits per heavy atom. The first-order valence-electron chi connectivity index (χ1n) is 11.3. The fourth-order valence-electron chi connectivity index (χ4n) is 3.90. The van der Waals surface area contributed by atoms with Crippen LogP contribution in [-0.2, 0) is 4.74 Å². The largest absolute Gasteiger partial charge is 0.378 e. The molecule has 1 aliphatic rings. The minimum Gasteiger partial charge on any atom is -0.378 e. The maximum Gasteiger partial charge on any atom is 0.251 e. The lowest BCUT2D eigenvalue weighted by Gasteiger charge is -2.39. The van der Waals surface area contributed by atoms with Crippen LogP contribution in [0.1, 0.15) is 17.3 Å². The van der Waals surface area contributed by atoms with E-state index in [-0.39, 0.29) is 18.1 Å². The second-order valence-corrected chi connectivity index (χ2v) is 8.55. The molecule has 34 heavy (non-hydrogen) atoms. The van der Waals surface area contributed by atoms with Crippen molar-refractivity contribution in [3.8, 4) is 22.5 Å². The van der Waals surface area contributed by atoms with Gasteiger partial charge in [0.2, 0.25) is 0 Å². The third-order valence-corrected chi connectivity index (χ3v) is 5.88. The number of anilines is 1. The smallest absolute Gasteiger partial charge is 0.251 e. The van der Waals surface area contributed by atoms with Gasteiger partial charge in [0.05, 0.1) is 29.3 Å². The number of nitrogens with zero attached hydrogens (tertiary/aromatic N) is 5. The van der Waals surface area contributed by atoms with Crippen LogP contribution in [0.25, 0.3) is 28.2 Å². The zero-order valence-electron chi connectivity index (χ0n) is 19.2. The maximum atomic E-state index is 12.9. The summed E-state index contributed by atoms with van der Waals surface area (Å²) in [6.07, 6.45) is 3.78. The van der Waals surface area contributed by atoms with Gasteiger partial charge in [0.25, 0.3) is 5.91 Å². The molecule has 4 heterocycles. The number of nitrogens with one attached hydrogen (secondary N) is 1. The Morgan fingerprint density at radius 2 is 1.97 bits per heavy atom. The van der Waals surface area contributed by atoms with Crippen LogP contribution >= 0.6 is 0 Å². The van der Waals surface area contributed by atoms with Gasteiger partial charge in [-0.3, -0.25) is 4.79 Å². The Kier molecular flexibility index (Phi) is 5.95. The number of carbonyl (C=O) groups excluding carboxylic acids is 1. The van der Waals surface area contributed by atoms with E-state index in [4.69, 9.17) is 20.4 Å². The Labute approximate surface area is 197 Å². The first kappa shape index (κ1) is 22.0. The molecule has 0 bridgehead atoms. The third-order valence-electron chi connectivity index (χ3n) is 5.88. The lowest BCUT2D eigenvalue weighted by atomic mass is 10.1. The quantitative estimate of drug-likeness (QED) is 0.438. The number of hydrogen-bond donors (Lipinski definition) is 2. The third kappa shape index (κ3) is 4.35. The van der Waals surface area contributed by atoms with Gasteiger partial charge in [-0.25, -0.2) is 14.5 Å². The highest BCUT2D eigenvalue weighted by molar-refractivity contribution is 5.96. The summed E-state index contributed by atoms with van der Waals surface area (Å²) < 4.78 is 7.13. The predicted molar refractivity (Wildman–Crippen MR) is 131 cm³/mol. The van der Waals surface area contributed by atoms with Gasteiger partial charge in [-0.2, -0.15) is 5.10 Å². The summed E-state index contributed by atoms with van der Waals surface area (Å²) in [6.45, 7) is 3.68. The van der Waals surface area contributed by atoms with Crippen LogP contribution in [0, 0.1) is 0 Å². The summed E-state index contributed by atoms with van der Waals surface area (Å²) in [6, 6.07) is 15.4. The van der Waals surface area contributed by atoms with Crippen molar-refractivity contribution in [2.24, 2.45) is 5.73 Å². The molecule has 1 atom stereocenters. The fraction of sp³-hybridized carbons (Fsp3) is 0.280. The molecule has 5 rings (SSSR count). The molecule has 1 unspecified atom stereocenters. The number of pyridine rings is 1. The Balaban J connectivity index is 1.56. The SMILES string of the molecule is COC1CN(c2cc(C(=O)NCC(C)N)cc(-c3cnn4ccc(-c5ccccc5)nc34)n2)C1. The van der Waals surface area contributed by atoms with Gasteiger partial charge in [0.15, 0.2) is 5.65 Å². The van der Waals surface area contributed by atoms with E-state index in [1.165, 1.54) is 0 Å². The van der Waals surface area contributed by atoms with Crippen molar-refractivity contribution in [2.45, 2.75) is 19.1 Å². The van der Waals surface area contributed by atoms with Gasteiger partial charge < -0.3 is 20.7 Å². The molecule has 1 fully saturated rings. The molecular formula is C25H27N7O2. The van der Waals surface area contributed by atoms with Crippen molar-refractivity contribution < 1.29 is 9.53 Å². The van der Waals surface area contributed by atoms with E-state index in [2.05, 4.69) is 15.3 Å². The lowest BCUT2D eigenvalue weighted by molar-refractivity contribution is 0.0783. The molecule has 3 N–H and O–H groups in total. The molecule has 174 valence electrons. The van der Waals surface area contributed by atoms with Gasteiger partial charge in [0.1, 0.15) is 5.82 Å². The number of benzene rings is 1. The maximum absolute atomic E-state index is 12.9. The number of methoxy groups -OCH3 is 1. The summed E-state index contributed by atoms with van der Waals surface area (Å²) >= 11 is 0. The van der Waals surface area contributed by atoms with Gasteiger partial charge in [-0.15, -0.1) is 0 Å². The van der Waals surface area contributed by atoms with Crippen LogP contribution in [0.5, 0.6) is 0 Å². The highest BCUT2D eigenvalue weighted by atomic mass is 16.5. The van der Waals surface area contributed by atoms with Gasteiger partial charge in [-0.05, 0) is 25.1 Å². The van der Waals surface area contributed by atoms with Crippen molar-refractivity contribution in [2.75, 3.05) is 31.6 Å². The average molecular weight is 458 g/mol. The summed E-state index contributed by atoms with van der Waals surface area (Å²) in [7, 11) is 1.70. The minimum atomic E-state index is -0.194.